The Kier molecular flexibility index (Phi) is 3.66. The molecule has 104 valence electrons. The first-order valence-corrected chi connectivity index (χ1v) is 6.34. The van der Waals surface area contributed by atoms with Crippen LogP contribution in [0.15, 0.2) is 18.2 Å². The molecule has 1 saturated heterocycles. The Bertz CT molecular complexity index is 459. The molecule has 1 aliphatic rings. The summed E-state index contributed by atoms with van der Waals surface area (Å²) in [6.45, 7) is 3.18. The number of ether oxygens (including phenoxy) is 2. The highest BCUT2D eigenvalue weighted by molar-refractivity contribution is 6.00. The molecule has 1 heterocycles. The first kappa shape index (κ1) is 13.7. The fraction of sp³-hybridized carbons (Fsp3) is 0.500. The number of carbonyl (C=O) groups is 1. The van der Waals surface area contributed by atoms with Crippen LogP contribution >= 0.6 is 0 Å². The van der Waals surface area contributed by atoms with Crippen LogP contribution in [-0.4, -0.2) is 43.7 Å². The molecule has 2 rings (SSSR count). The van der Waals surface area contributed by atoms with Crippen LogP contribution in [0.2, 0.25) is 0 Å². The Hall–Kier alpha value is -1.75. The number of hydrogen-bond donors (Lipinski definition) is 1. The Morgan fingerprint density at radius 2 is 1.84 bits per heavy atom. The second-order valence-corrected chi connectivity index (χ2v) is 4.91. The smallest absolute Gasteiger partial charge is 0.261 e. The van der Waals surface area contributed by atoms with Crippen molar-refractivity contribution in [2.75, 3.05) is 27.3 Å². The highest BCUT2D eigenvalue weighted by atomic mass is 16.5. The first-order chi connectivity index (χ1) is 9.04. The molecule has 5 nitrogen and oxygen atoms in total. The molecule has 0 saturated carbocycles. The number of nitrogens with zero attached hydrogens (tertiary/aromatic N) is 1. The van der Waals surface area contributed by atoms with Gasteiger partial charge < -0.3 is 20.1 Å². The number of carbonyl (C=O) groups excluding carboxylic acids is 1. The van der Waals surface area contributed by atoms with E-state index in [-0.39, 0.29) is 11.4 Å². The van der Waals surface area contributed by atoms with Gasteiger partial charge in [0.1, 0.15) is 17.1 Å². The Balaban J connectivity index is 2.25. The van der Waals surface area contributed by atoms with Crippen molar-refractivity contribution in [3.05, 3.63) is 23.8 Å². The average Bonchev–Trinajstić information content (AvgIpc) is 2.42. The molecular formula is C14H20N2O3. The molecule has 5 heteroatoms. The molecule has 1 fully saturated rings. The van der Waals surface area contributed by atoms with Crippen LogP contribution in [0, 0.1) is 0 Å². The lowest BCUT2D eigenvalue weighted by Crippen LogP contribution is -2.68. The number of benzene rings is 1. The van der Waals surface area contributed by atoms with E-state index in [1.165, 1.54) is 0 Å². The zero-order chi connectivity index (χ0) is 14.0. The van der Waals surface area contributed by atoms with Gasteiger partial charge >= 0.3 is 0 Å². The molecule has 0 unspecified atom stereocenters. The van der Waals surface area contributed by atoms with Gasteiger partial charge in [0, 0.05) is 13.1 Å². The largest absolute Gasteiger partial charge is 0.496 e. The van der Waals surface area contributed by atoms with Gasteiger partial charge in [0.05, 0.1) is 19.8 Å². The van der Waals surface area contributed by atoms with Crippen molar-refractivity contribution in [1.29, 1.82) is 0 Å². The monoisotopic (exact) mass is 264 g/mol. The van der Waals surface area contributed by atoms with Crippen LogP contribution in [0.1, 0.15) is 23.7 Å². The molecule has 0 bridgehead atoms. The van der Waals surface area contributed by atoms with Crippen LogP contribution in [0.5, 0.6) is 11.5 Å². The number of hydrogen-bond acceptors (Lipinski definition) is 4. The minimum atomic E-state index is -0.245. The molecule has 0 radical (unpaired) electrons. The maximum atomic E-state index is 12.5. The third-order valence-electron chi connectivity index (χ3n) is 3.64. The number of methoxy groups -OCH3 is 2. The minimum absolute atomic E-state index is 0.0937. The van der Waals surface area contributed by atoms with E-state index >= 15 is 0 Å². The molecule has 1 aliphatic heterocycles. The van der Waals surface area contributed by atoms with Gasteiger partial charge in [-0.1, -0.05) is 13.0 Å². The lowest BCUT2D eigenvalue weighted by molar-refractivity contribution is 0.0395. The summed E-state index contributed by atoms with van der Waals surface area (Å²) >= 11 is 0. The summed E-state index contributed by atoms with van der Waals surface area (Å²) in [6, 6.07) is 5.31. The van der Waals surface area contributed by atoms with Gasteiger partial charge in [-0.05, 0) is 18.6 Å². The molecule has 0 atom stereocenters. The zero-order valence-corrected chi connectivity index (χ0v) is 11.6. The summed E-state index contributed by atoms with van der Waals surface area (Å²) in [7, 11) is 3.09. The standard InChI is InChI=1S/C14H20N2O3/c1-4-14(15)8-16(9-14)13(17)12-10(18-2)6-5-7-11(12)19-3/h5-7H,4,8-9,15H2,1-3H3. The maximum Gasteiger partial charge on any atom is 0.261 e. The van der Waals surface area contributed by atoms with Gasteiger partial charge in [-0.2, -0.15) is 0 Å². The topological polar surface area (TPSA) is 64.8 Å². The summed E-state index contributed by atoms with van der Waals surface area (Å²) in [5.74, 6) is 0.953. The average molecular weight is 264 g/mol. The molecule has 0 aliphatic carbocycles. The summed E-state index contributed by atoms with van der Waals surface area (Å²) in [4.78, 5) is 14.2. The van der Waals surface area contributed by atoms with Crippen molar-refractivity contribution >= 4 is 5.91 Å². The lowest BCUT2D eigenvalue weighted by Gasteiger charge is -2.47. The Morgan fingerprint density at radius 1 is 1.32 bits per heavy atom. The molecular weight excluding hydrogens is 244 g/mol. The summed E-state index contributed by atoms with van der Waals surface area (Å²) in [5.41, 5.74) is 6.31. The van der Waals surface area contributed by atoms with Crippen molar-refractivity contribution < 1.29 is 14.3 Å². The fourth-order valence-electron chi connectivity index (χ4n) is 2.30. The van der Waals surface area contributed by atoms with E-state index in [2.05, 4.69) is 0 Å². The van der Waals surface area contributed by atoms with Crippen LogP contribution in [0.3, 0.4) is 0 Å². The number of rotatable bonds is 4. The quantitative estimate of drug-likeness (QED) is 0.889. The molecule has 1 aromatic carbocycles. The van der Waals surface area contributed by atoms with Gasteiger partial charge in [0.2, 0.25) is 0 Å². The molecule has 0 aromatic heterocycles. The van der Waals surface area contributed by atoms with Crippen LogP contribution in [-0.2, 0) is 0 Å². The van der Waals surface area contributed by atoms with Crippen molar-refractivity contribution in [3.8, 4) is 11.5 Å². The van der Waals surface area contributed by atoms with E-state index in [1.54, 1.807) is 37.3 Å². The van der Waals surface area contributed by atoms with Crippen molar-refractivity contribution in [2.45, 2.75) is 18.9 Å². The normalized spacial score (nSPS) is 16.7. The van der Waals surface area contributed by atoms with E-state index in [0.717, 1.165) is 6.42 Å². The van der Waals surface area contributed by atoms with Crippen LogP contribution < -0.4 is 15.2 Å². The third kappa shape index (κ3) is 2.38. The van der Waals surface area contributed by atoms with Crippen molar-refractivity contribution in [1.82, 2.24) is 4.90 Å². The van der Waals surface area contributed by atoms with Crippen LogP contribution in [0.4, 0.5) is 0 Å². The van der Waals surface area contributed by atoms with Crippen LogP contribution in [0.25, 0.3) is 0 Å². The maximum absolute atomic E-state index is 12.5. The number of likely N-dealkylation sites (tertiary alicyclic amines) is 1. The SMILES string of the molecule is CCC1(N)CN(C(=O)c2c(OC)cccc2OC)C1. The third-order valence-corrected chi connectivity index (χ3v) is 3.64. The number of nitrogens with two attached hydrogens (primary N) is 1. The second-order valence-electron chi connectivity index (χ2n) is 4.91. The van der Waals surface area contributed by atoms with E-state index < -0.39 is 0 Å². The predicted octanol–water partition coefficient (Wildman–Crippen LogP) is 1.27. The molecule has 19 heavy (non-hydrogen) atoms. The van der Waals surface area contributed by atoms with E-state index in [0.29, 0.717) is 30.2 Å². The molecule has 2 N–H and O–H groups in total. The summed E-state index contributed by atoms with van der Waals surface area (Å²) in [5, 5.41) is 0. The molecule has 1 aromatic rings. The first-order valence-electron chi connectivity index (χ1n) is 6.34. The van der Waals surface area contributed by atoms with E-state index in [4.69, 9.17) is 15.2 Å². The van der Waals surface area contributed by atoms with Gasteiger partial charge in [-0.15, -0.1) is 0 Å². The summed E-state index contributed by atoms with van der Waals surface area (Å²) < 4.78 is 10.5. The predicted molar refractivity (Wildman–Crippen MR) is 72.7 cm³/mol. The van der Waals surface area contributed by atoms with E-state index in [1.807, 2.05) is 6.92 Å². The van der Waals surface area contributed by atoms with Gasteiger partial charge in [-0.3, -0.25) is 4.79 Å². The van der Waals surface area contributed by atoms with Crippen molar-refractivity contribution in [3.63, 3.8) is 0 Å². The minimum Gasteiger partial charge on any atom is -0.496 e. The highest BCUT2D eigenvalue weighted by Crippen LogP contribution is 2.32. The lowest BCUT2D eigenvalue weighted by atomic mass is 9.87. The Labute approximate surface area is 113 Å². The second kappa shape index (κ2) is 5.09. The number of amides is 1. The highest BCUT2D eigenvalue weighted by Gasteiger charge is 2.41. The Morgan fingerprint density at radius 3 is 2.26 bits per heavy atom. The van der Waals surface area contributed by atoms with Gasteiger partial charge in [0.15, 0.2) is 0 Å². The van der Waals surface area contributed by atoms with Gasteiger partial charge in [0.25, 0.3) is 5.91 Å². The fourth-order valence-corrected chi connectivity index (χ4v) is 2.30. The van der Waals surface area contributed by atoms with E-state index in [9.17, 15) is 4.79 Å². The van der Waals surface area contributed by atoms with Gasteiger partial charge in [-0.25, -0.2) is 0 Å². The molecule has 0 spiro atoms. The summed E-state index contributed by atoms with van der Waals surface area (Å²) in [6.07, 6.45) is 0.861. The van der Waals surface area contributed by atoms with Crippen molar-refractivity contribution in [2.24, 2.45) is 5.73 Å². The zero-order valence-electron chi connectivity index (χ0n) is 11.6. The molecule has 1 amide bonds.